The number of rotatable bonds is 7. The summed E-state index contributed by atoms with van der Waals surface area (Å²) in [6.07, 6.45) is 0.278. The number of carbonyl (C=O) groups is 2. The Morgan fingerprint density at radius 3 is 2.38 bits per heavy atom. The summed E-state index contributed by atoms with van der Waals surface area (Å²) in [5.74, 6) is -1.58. The molecule has 2 aromatic rings. The molecule has 136 valence electrons. The van der Waals surface area contributed by atoms with Crippen LogP contribution in [0, 0.1) is 17.0 Å². The van der Waals surface area contributed by atoms with Gasteiger partial charge in [0, 0.05) is 24.2 Å². The van der Waals surface area contributed by atoms with E-state index in [0.29, 0.717) is 11.1 Å². The number of aryl methyl sites for hydroxylation is 1. The van der Waals surface area contributed by atoms with Crippen LogP contribution in [-0.2, 0) is 10.2 Å². The monoisotopic (exact) mass is 356 g/mol. The molecule has 0 heterocycles. The molecule has 2 rings (SSSR count). The van der Waals surface area contributed by atoms with Crippen molar-refractivity contribution >= 4 is 17.6 Å². The van der Waals surface area contributed by atoms with Crippen molar-refractivity contribution in [2.45, 2.75) is 25.7 Å². The van der Waals surface area contributed by atoms with Gasteiger partial charge in [0.25, 0.3) is 11.6 Å². The van der Waals surface area contributed by atoms with E-state index in [9.17, 15) is 24.8 Å². The highest BCUT2D eigenvalue weighted by Gasteiger charge is 2.39. The number of carboxylic acid groups (broad SMARTS) is 1. The second kappa shape index (κ2) is 7.77. The van der Waals surface area contributed by atoms with Gasteiger partial charge in [0.15, 0.2) is 0 Å². The average Bonchev–Trinajstić information content (AvgIpc) is 2.63. The number of aliphatic carboxylic acids is 1. The first-order chi connectivity index (χ1) is 12.3. The fraction of sp³-hybridized carbons (Fsp3) is 0.263. The molecule has 1 amide bonds. The molecule has 0 fully saturated rings. The number of carboxylic acids is 1. The van der Waals surface area contributed by atoms with Crippen LogP contribution >= 0.6 is 0 Å². The van der Waals surface area contributed by atoms with Crippen molar-refractivity contribution in [1.29, 1.82) is 0 Å². The Kier molecular flexibility index (Phi) is 5.71. The summed E-state index contributed by atoms with van der Waals surface area (Å²) >= 11 is 0. The Morgan fingerprint density at radius 2 is 1.85 bits per heavy atom. The molecule has 7 nitrogen and oxygen atoms in total. The minimum absolute atomic E-state index is 0.121. The van der Waals surface area contributed by atoms with E-state index in [2.05, 4.69) is 5.32 Å². The first kappa shape index (κ1) is 19.1. The van der Waals surface area contributed by atoms with Crippen LogP contribution in [0.5, 0.6) is 0 Å². The molecule has 1 unspecified atom stereocenters. The van der Waals surface area contributed by atoms with Crippen molar-refractivity contribution in [3.05, 3.63) is 75.3 Å². The lowest BCUT2D eigenvalue weighted by atomic mass is 9.78. The van der Waals surface area contributed by atoms with Crippen LogP contribution in [0.25, 0.3) is 0 Å². The smallest absolute Gasteiger partial charge is 0.315 e. The largest absolute Gasteiger partial charge is 0.481 e. The Labute approximate surface area is 150 Å². The summed E-state index contributed by atoms with van der Waals surface area (Å²) in [6.45, 7) is 3.29. The second-order valence-corrected chi connectivity index (χ2v) is 6.05. The number of nitrogens with zero attached hydrogens (tertiary/aromatic N) is 1. The first-order valence-electron chi connectivity index (χ1n) is 8.14. The van der Waals surface area contributed by atoms with Crippen LogP contribution in [0.2, 0.25) is 0 Å². The maximum absolute atomic E-state index is 12.5. The van der Waals surface area contributed by atoms with Crippen molar-refractivity contribution in [3.63, 3.8) is 0 Å². The van der Waals surface area contributed by atoms with Crippen molar-refractivity contribution in [2.24, 2.45) is 0 Å². The van der Waals surface area contributed by atoms with E-state index in [1.165, 1.54) is 18.2 Å². The van der Waals surface area contributed by atoms with Crippen LogP contribution in [0.4, 0.5) is 5.69 Å². The lowest BCUT2D eigenvalue weighted by Gasteiger charge is -2.29. The van der Waals surface area contributed by atoms with Crippen LogP contribution in [0.15, 0.2) is 48.5 Å². The second-order valence-electron chi connectivity index (χ2n) is 6.05. The van der Waals surface area contributed by atoms with Crippen LogP contribution in [0.3, 0.4) is 0 Å². The molecule has 1 atom stereocenters. The third-order valence-electron chi connectivity index (χ3n) is 4.57. The van der Waals surface area contributed by atoms with Gasteiger partial charge in [-0.1, -0.05) is 43.3 Å². The molecule has 0 saturated heterocycles. The molecule has 0 aliphatic rings. The molecule has 7 heteroatoms. The number of nitro benzene ring substituents is 1. The zero-order chi connectivity index (χ0) is 19.3. The number of non-ortho nitro benzene ring substituents is 1. The number of carbonyl (C=O) groups excluding carboxylic acids is 1. The van der Waals surface area contributed by atoms with Crippen LogP contribution in [-0.4, -0.2) is 28.5 Å². The average molecular weight is 356 g/mol. The SMILES string of the molecule is CCC(CNC(=O)c1cc([N+](=O)[O-])ccc1C)(C(=O)O)c1ccccc1. The molecule has 0 aliphatic heterocycles. The van der Waals surface area contributed by atoms with Crippen molar-refractivity contribution in [1.82, 2.24) is 5.32 Å². The molecule has 0 aliphatic carbocycles. The Balaban J connectivity index is 2.30. The maximum Gasteiger partial charge on any atom is 0.315 e. The van der Waals surface area contributed by atoms with Gasteiger partial charge in [0.05, 0.1) is 4.92 Å². The summed E-state index contributed by atoms with van der Waals surface area (Å²) in [5.41, 5.74) is -0.145. The van der Waals surface area contributed by atoms with E-state index >= 15 is 0 Å². The van der Waals surface area contributed by atoms with Crippen molar-refractivity contribution in [2.75, 3.05) is 6.54 Å². The number of benzene rings is 2. The quantitative estimate of drug-likeness (QED) is 0.585. The van der Waals surface area contributed by atoms with Crippen LogP contribution < -0.4 is 5.32 Å². The van der Waals surface area contributed by atoms with Crippen LogP contribution in [0.1, 0.15) is 34.8 Å². The molecule has 0 aromatic heterocycles. The van der Waals surface area contributed by atoms with Crippen molar-refractivity contribution < 1.29 is 19.6 Å². The van der Waals surface area contributed by atoms with E-state index in [1.54, 1.807) is 44.2 Å². The molecule has 0 bridgehead atoms. The van der Waals surface area contributed by atoms with E-state index in [0.717, 1.165) is 0 Å². The third kappa shape index (κ3) is 3.72. The van der Waals surface area contributed by atoms with Gasteiger partial charge in [-0.05, 0) is 24.5 Å². The van der Waals surface area contributed by atoms with E-state index in [4.69, 9.17) is 0 Å². The Hall–Kier alpha value is -3.22. The van der Waals surface area contributed by atoms with E-state index < -0.39 is 22.2 Å². The van der Waals surface area contributed by atoms with Gasteiger partial charge >= 0.3 is 5.97 Å². The van der Waals surface area contributed by atoms with E-state index in [-0.39, 0.29) is 24.2 Å². The van der Waals surface area contributed by atoms with Gasteiger partial charge in [0.2, 0.25) is 0 Å². The normalized spacial score (nSPS) is 12.8. The maximum atomic E-state index is 12.5. The molecule has 0 spiro atoms. The third-order valence-corrected chi connectivity index (χ3v) is 4.57. The summed E-state index contributed by atoms with van der Waals surface area (Å²) in [5, 5.41) is 23.3. The van der Waals surface area contributed by atoms with Gasteiger partial charge in [-0.2, -0.15) is 0 Å². The molecule has 0 radical (unpaired) electrons. The minimum Gasteiger partial charge on any atom is -0.481 e. The standard InChI is InChI=1S/C19H20N2O5/c1-3-19(18(23)24,14-7-5-4-6-8-14)12-20-17(22)16-11-15(21(25)26)10-9-13(16)2/h4-11H,3,12H2,1-2H3,(H,20,22)(H,23,24). The zero-order valence-electron chi connectivity index (χ0n) is 14.6. The molecule has 2 aromatic carbocycles. The molecular formula is C19H20N2O5. The Bertz CT molecular complexity index is 835. The summed E-state index contributed by atoms with van der Waals surface area (Å²) in [6, 6.07) is 12.7. The zero-order valence-corrected chi connectivity index (χ0v) is 14.6. The number of nitrogens with one attached hydrogen (secondary N) is 1. The Morgan fingerprint density at radius 1 is 1.19 bits per heavy atom. The predicted octanol–water partition coefficient (Wildman–Crippen LogP) is 3.07. The van der Waals surface area contributed by atoms with Gasteiger partial charge < -0.3 is 10.4 Å². The fourth-order valence-electron chi connectivity index (χ4n) is 2.83. The number of amides is 1. The fourth-order valence-corrected chi connectivity index (χ4v) is 2.83. The highest BCUT2D eigenvalue weighted by Crippen LogP contribution is 2.28. The molecule has 26 heavy (non-hydrogen) atoms. The van der Waals surface area contributed by atoms with Gasteiger partial charge in [-0.3, -0.25) is 19.7 Å². The first-order valence-corrected chi connectivity index (χ1v) is 8.14. The van der Waals surface area contributed by atoms with Gasteiger partial charge in [-0.25, -0.2) is 0 Å². The predicted molar refractivity (Wildman–Crippen MR) is 96.2 cm³/mol. The van der Waals surface area contributed by atoms with Gasteiger partial charge in [0.1, 0.15) is 5.41 Å². The number of nitro groups is 1. The van der Waals surface area contributed by atoms with Crippen molar-refractivity contribution in [3.8, 4) is 0 Å². The molecule has 0 saturated carbocycles. The minimum atomic E-state index is -1.27. The van der Waals surface area contributed by atoms with E-state index in [1.807, 2.05) is 0 Å². The summed E-state index contributed by atoms with van der Waals surface area (Å²) < 4.78 is 0. The number of hydrogen-bond donors (Lipinski definition) is 2. The highest BCUT2D eigenvalue weighted by atomic mass is 16.6. The summed E-state index contributed by atoms with van der Waals surface area (Å²) in [7, 11) is 0. The summed E-state index contributed by atoms with van der Waals surface area (Å²) in [4.78, 5) is 34.8. The topological polar surface area (TPSA) is 110 Å². The molecule has 2 N–H and O–H groups in total. The molecular weight excluding hydrogens is 336 g/mol. The lowest BCUT2D eigenvalue weighted by molar-refractivity contribution is -0.384. The highest BCUT2D eigenvalue weighted by molar-refractivity contribution is 5.96. The van der Waals surface area contributed by atoms with Gasteiger partial charge in [-0.15, -0.1) is 0 Å². The lowest BCUT2D eigenvalue weighted by Crippen LogP contribution is -2.46. The number of hydrogen-bond acceptors (Lipinski definition) is 4.